The average Bonchev–Trinajstić information content (AvgIpc) is 2.39. The van der Waals surface area contributed by atoms with E-state index in [9.17, 15) is 5.11 Å². The van der Waals surface area contributed by atoms with Crippen LogP contribution in [0.3, 0.4) is 0 Å². The monoisotopic (exact) mass is 219 g/mol. The van der Waals surface area contributed by atoms with Crippen molar-refractivity contribution in [2.75, 3.05) is 0 Å². The molecule has 3 atom stereocenters. The van der Waals surface area contributed by atoms with Crippen LogP contribution in [0, 0.1) is 11.8 Å². The number of aliphatic hydroxyl groups excluding tert-OH is 1. The van der Waals surface area contributed by atoms with Gasteiger partial charge in [0.2, 0.25) is 0 Å². The van der Waals surface area contributed by atoms with E-state index in [1.54, 1.807) is 6.20 Å². The Morgan fingerprint density at radius 1 is 1.44 bits per heavy atom. The maximum atomic E-state index is 10.3. The lowest BCUT2D eigenvalue weighted by molar-refractivity contribution is 0.0645. The van der Waals surface area contributed by atoms with Crippen molar-refractivity contribution in [3.63, 3.8) is 0 Å². The maximum absolute atomic E-state index is 10.3. The Morgan fingerprint density at radius 3 is 3.00 bits per heavy atom. The van der Waals surface area contributed by atoms with Gasteiger partial charge in [-0.1, -0.05) is 32.3 Å². The summed E-state index contributed by atoms with van der Waals surface area (Å²) < 4.78 is 0. The van der Waals surface area contributed by atoms with Gasteiger partial charge in [-0.3, -0.25) is 4.98 Å². The van der Waals surface area contributed by atoms with Gasteiger partial charge in [-0.15, -0.1) is 0 Å². The standard InChI is InChI=1S/C14H21NO/c1-2-11-6-5-7-12(10-11)14(16)13-8-3-4-9-15-13/h3-4,8-9,11-12,14,16H,2,5-7,10H2,1H3. The van der Waals surface area contributed by atoms with Gasteiger partial charge in [0.25, 0.3) is 0 Å². The van der Waals surface area contributed by atoms with Crippen molar-refractivity contribution in [1.29, 1.82) is 0 Å². The molecule has 1 saturated carbocycles. The molecule has 2 rings (SSSR count). The molecule has 1 aromatic rings. The first kappa shape index (κ1) is 11.6. The number of aliphatic hydroxyl groups is 1. The second-order valence-corrected chi connectivity index (χ2v) is 4.90. The van der Waals surface area contributed by atoms with Gasteiger partial charge in [-0.05, 0) is 36.8 Å². The number of aromatic nitrogens is 1. The van der Waals surface area contributed by atoms with Crippen LogP contribution in [0.1, 0.15) is 50.8 Å². The molecule has 1 N–H and O–H groups in total. The summed E-state index contributed by atoms with van der Waals surface area (Å²) in [7, 11) is 0. The first-order chi connectivity index (χ1) is 7.81. The highest BCUT2D eigenvalue weighted by Crippen LogP contribution is 2.37. The normalized spacial score (nSPS) is 27.6. The first-order valence-corrected chi connectivity index (χ1v) is 6.40. The Bertz CT molecular complexity index is 312. The topological polar surface area (TPSA) is 33.1 Å². The first-order valence-electron chi connectivity index (χ1n) is 6.40. The Hall–Kier alpha value is -0.890. The number of nitrogens with zero attached hydrogens (tertiary/aromatic N) is 1. The molecular formula is C14H21NO. The quantitative estimate of drug-likeness (QED) is 0.845. The predicted octanol–water partition coefficient (Wildman–Crippen LogP) is 3.33. The fraction of sp³-hybridized carbons (Fsp3) is 0.643. The Morgan fingerprint density at radius 2 is 2.31 bits per heavy atom. The molecule has 16 heavy (non-hydrogen) atoms. The van der Waals surface area contributed by atoms with Crippen molar-refractivity contribution in [2.24, 2.45) is 11.8 Å². The van der Waals surface area contributed by atoms with Crippen LogP contribution >= 0.6 is 0 Å². The van der Waals surface area contributed by atoms with Gasteiger partial charge in [-0.2, -0.15) is 0 Å². The van der Waals surface area contributed by atoms with E-state index in [-0.39, 0.29) is 6.10 Å². The minimum absolute atomic E-state index is 0.365. The highest BCUT2D eigenvalue weighted by Gasteiger charge is 2.27. The summed E-state index contributed by atoms with van der Waals surface area (Å²) in [5, 5.41) is 10.3. The SMILES string of the molecule is CCC1CCCC(C(O)c2ccccn2)C1. The van der Waals surface area contributed by atoms with Crippen LogP contribution < -0.4 is 0 Å². The number of hydrogen-bond donors (Lipinski definition) is 1. The Balaban J connectivity index is 2.01. The smallest absolute Gasteiger partial charge is 0.0987 e. The third kappa shape index (κ3) is 2.62. The zero-order valence-electron chi connectivity index (χ0n) is 9.97. The molecule has 1 fully saturated rings. The van der Waals surface area contributed by atoms with E-state index in [1.165, 1.54) is 19.3 Å². The molecule has 1 aromatic heterocycles. The third-order valence-corrected chi connectivity index (χ3v) is 3.84. The highest BCUT2D eigenvalue weighted by atomic mass is 16.3. The minimum atomic E-state index is -0.365. The molecule has 1 heterocycles. The fourth-order valence-corrected chi connectivity index (χ4v) is 2.78. The van der Waals surface area contributed by atoms with Gasteiger partial charge in [-0.25, -0.2) is 0 Å². The molecule has 0 amide bonds. The van der Waals surface area contributed by atoms with E-state index in [1.807, 2.05) is 18.2 Å². The Labute approximate surface area is 97.7 Å². The molecule has 1 aliphatic rings. The van der Waals surface area contributed by atoms with Gasteiger partial charge < -0.3 is 5.11 Å². The summed E-state index contributed by atoms with van der Waals surface area (Å²) in [5.41, 5.74) is 0.837. The average molecular weight is 219 g/mol. The minimum Gasteiger partial charge on any atom is -0.387 e. The second-order valence-electron chi connectivity index (χ2n) is 4.90. The van der Waals surface area contributed by atoms with Crippen LogP contribution in [0.25, 0.3) is 0 Å². The molecule has 0 radical (unpaired) electrons. The zero-order chi connectivity index (χ0) is 11.4. The van der Waals surface area contributed by atoms with Crippen LogP contribution in [0.5, 0.6) is 0 Å². The lowest BCUT2D eigenvalue weighted by Crippen LogP contribution is -2.21. The van der Waals surface area contributed by atoms with Crippen molar-refractivity contribution < 1.29 is 5.11 Å². The maximum Gasteiger partial charge on any atom is 0.0987 e. The van der Waals surface area contributed by atoms with Crippen LogP contribution in [0.4, 0.5) is 0 Å². The van der Waals surface area contributed by atoms with Gasteiger partial charge in [0.15, 0.2) is 0 Å². The number of rotatable bonds is 3. The van der Waals surface area contributed by atoms with Gasteiger partial charge in [0.1, 0.15) is 0 Å². The van der Waals surface area contributed by atoms with Crippen LogP contribution in [-0.2, 0) is 0 Å². The molecule has 0 aliphatic heterocycles. The largest absolute Gasteiger partial charge is 0.387 e. The number of pyridine rings is 1. The number of hydrogen-bond acceptors (Lipinski definition) is 2. The summed E-state index contributed by atoms with van der Waals surface area (Å²) in [6.45, 7) is 2.25. The fourth-order valence-electron chi connectivity index (χ4n) is 2.78. The third-order valence-electron chi connectivity index (χ3n) is 3.84. The molecule has 0 saturated heterocycles. The van der Waals surface area contributed by atoms with E-state index in [4.69, 9.17) is 0 Å². The van der Waals surface area contributed by atoms with E-state index in [0.717, 1.165) is 24.5 Å². The molecule has 1 aliphatic carbocycles. The summed E-state index contributed by atoms with van der Waals surface area (Å²) in [5.74, 6) is 1.21. The molecule has 88 valence electrons. The second kappa shape index (κ2) is 5.44. The van der Waals surface area contributed by atoms with Crippen LogP contribution in [-0.4, -0.2) is 10.1 Å². The Kier molecular flexibility index (Phi) is 3.94. The summed E-state index contributed by atoms with van der Waals surface area (Å²) in [6, 6.07) is 5.78. The van der Waals surface area contributed by atoms with Gasteiger partial charge in [0, 0.05) is 6.20 Å². The van der Waals surface area contributed by atoms with Crippen molar-refractivity contribution in [3.05, 3.63) is 30.1 Å². The molecule has 0 bridgehead atoms. The molecule has 0 spiro atoms. The molecule has 2 nitrogen and oxygen atoms in total. The van der Waals surface area contributed by atoms with Crippen LogP contribution in [0.2, 0.25) is 0 Å². The molecular weight excluding hydrogens is 198 g/mol. The lowest BCUT2D eigenvalue weighted by Gasteiger charge is -2.31. The van der Waals surface area contributed by atoms with E-state index < -0.39 is 0 Å². The molecule has 2 heteroatoms. The highest BCUT2D eigenvalue weighted by molar-refractivity contribution is 5.08. The molecule has 3 unspecified atom stereocenters. The zero-order valence-corrected chi connectivity index (χ0v) is 9.97. The van der Waals surface area contributed by atoms with E-state index in [2.05, 4.69) is 11.9 Å². The van der Waals surface area contributed by atoms with Crippen molar-refractivity contribution in [2.45, 2.75) is 45.1 Å². The van der Waals surface area contributed by atoms with Crippen molar-refractivity contribution in [3.8, 4) is 0 Å². The molecule has 0 aromatic carbocycles. The lowest BCUT2D eigenvalue weighted by atomic mass is 9.77. The van der Waals surface area contributed by atoms with E-state index in [0.29, 0.717) is 5.92 Å². The van der Waals surface area contributed by atoms with Gasteiger partial charge >= 0.3 is 0 Å². The van der Waals surface area contributed by atoms with Crippen molar-refractivity contribution >= 4 is 0 Å². The van der Waals surface area contributed by atoms with Crippen molar-refractivity contribution in [1.82, 2.24) is 4.98 Å². The van der Waals surface area contributed by atoms with E-state index >= 15 is 0 Å². The summed E-state index contributed by atoms with van der Waals surface area (Å²) >= 11 is 0. The van der Waals surface area contributed by atoms with Gasteiger partial charge in [0.05, 0.1) is 11.8 Å². The summed E-state index contributed by atoms with van der Waals surface area (Å²) in [4.78, 5) is 4.25. The summed E-state index contributed by atoms with van der Waals surface area (Å²) in [6.07, 6.45) is 7.54. The van der Waals surface area contributed by atoms with Crippen LogP contribution in [0.15, 0.2) is 24.4 Å². The predicted molar refractivity (Wildman–Crippen MR) is 64.9 cm³/mol.